The fraction of sp³-hybridized carbons (Fsp3) is 0.308. The van der Waals surface area contributed by atoms with Crippen LogP contribution in [-0.2, 0) is 6.42 Å². The second kappa shape index (κ2) is 5.95. The lowest BCUT2D eigenvalue weighted by Crippen LogP contribution is -2.21. The van der Waals surface area contributed by atoms with E-state index < -0.39 is 0 Å². The van der Waals surface area contributed by atoms with Crippen LogP contribution in [0.3, 0.4) is 0 Å². The largest absolute Gasteiger partial charge is 0.372 e. The summed E-state index contributed by atoms with van der Waals surface area (Å²) >= 11 is 0. The number of anilines is 2. The lowest BCUT2D eigenvalue weighted by Gasteiger charge is -2.18. The lowest BCUT2D eigenvalue weighted by atomic mass is 10.2. The van der Waals surface area contributed by atoms with Gasteiger partial charge in [0, 0.05) is 33.0 Å². The first-order valence-corrected chi connectivity index (χ1v) is 5.89. The number of rotatable bonds is 5. The van der Waals surface area contributed by atoms with Crippen LogP contribution in [0.5, 0.6) is 0 Å². The quantitative estimate of drug-likeness (QED) is 0.864. The molecule has 5 heteroatoms. The second-order valence-corrected chi connectivity index (χ2v) is 4.04. The smallest absolute Gasteiger partial charge is 0.149 e. The van der Waals surface area contributed by atoms with Crippen molar-refractivity contribution in [3.63, 3.8) is 0 Å². The fourth-order valence-electron chi connectivity index (χ4n) is 1.62. The van der Waals surface area contributed by atoms with Crippen molar-refractivity contribution in [3.05, 3.63) is 42.5 Å². The van der Waals surface area contributed by atoms with Gasteiger partial charge in [0.2, 0.25) is 0 Å². The summed E-state index contributed by atoms with van der Waals surface area (Å²) < 4.78 is 0. The Balaban J connectivity index is 1.97. The number of nitrogens with zero attached hydrogens (tertiary/aromatic N) is 4. The first kappa shape index (κ1) is 12.3. The van der Waals surface area contributed by atoms with Gasteiger partial charge in [0.25, 0.3) is 0 Å². The van der Waals surface area contributed by atoms with E-state index in [0.29, 0.717) is 0 Å². The maximum atomic E-state index is 4.44. The number of pyridine rings is 1. The van der Waals surface area contributed by atoms with Gasteiger partial charge in [-0.25, -0.2) is 4.98 Å². The Hall–Kier alpha value is -2.17. The van der Waals surface area contributed by atoms with Gasteiger partial charge in [-0.2, -0.15) is 0 Å². The summed E-state index contributed by atoms with van der Waals surface area (Å²) in [6, 6.07) is 4.06. The van der Waals surface area contributed by atoms with Crippen molar-refractivity contribution in [1.82, 2.24) is 15.0 Å². The molecule has 18 heavy (non-hydrogen) atoms. The van der Waals surface area contributed by atoms with Crippen LogP contribution in [0.15, 0.2) is 36.9 Å². The van der Waals surface area contributed by atoms with E-state index in [4.69, 9.17) is 0 Å². The predicted molar refractivity (Wildman–Crippen MR) is 72.8 cm³/mol. The van der Waals surface area contributed by atoms with E-state index in [1.807, 2.05) is 38.6 Å². The lowest BCUT2D eigenvalue weighted by molar-refractivity contribution is 0.854. The molecule has 0 spiro atoms. The van der Waals surface area contributed by atoms with Crippen molar-refractivity contribution in [2.45, 2.75) is 6.42 Å². The Morgan fingerprint density at radius 2 is 1.94 bits per heavy atom. The van der Waals surface area contributed by atoms with Gasteiger partial charge >= 0.3 is 0 Å². The first-order chi connectivity index (χ1) is 8.79. The van der Waals surface area contributed by atoms with Gasteiger partial charge in [-0.15, -0.1) is 0 Å². The molecule has 0 saturated carbocycles. The molecule has 0 aromatic carbocycles. The minimum atomic E-state index is 0.781. The van der Waals surface area contributed by atoms with Crippen molar-refractivity contribution in [2.75, 3.05) is 30.9 Å². The van der Waals surface area contributed by atoms with Crippen molar-refractivity contribution in [3.8, 4) is 0 Å². The van der Waals surface area contributed by atoms with Crippen LogP contribution in [0.2, 0.25) is 0 Å². The summed E-state index contributed by atoms with van der Waals surface area (Å²) in [5, 5.41) is 2.99. The summed E-state index contributed by atoms with van der Waals surface area (Å²) in [4.78, 5) is 14.7. The summed E-state index contributed by atoms with van der Waals surface area (Å²) in [5.74, 6) is 1.65. The molecular formula is C13H17N5. The highest BCUT2D eigenvalue weighted by Gasteiger charge is 2.04. The average Bonchev–Trinajstić information content (AvgIpc) is 2.46. The van der Waals surface area contributed by atoms with Crippen molar-refractivity contribution < 1.29 is 0 Å². The van der Waals surface area contributed by atoms with Gasteiger partial charge in [0.1, 0.15) is 11.6 Å². The van der Waals surface area contributed by atoms with E-state index in [1.165, 1.54) is 5.56 Å². The minimum Gasteiger partial charge on any atom is -0.372 e. The van der Waals surface area contributed by atoms with Crippen molar-refractivity contribution in [2.24, 2.45) is 0 Å². The molecule has 0 fully saturated rings. The second-order valence-electron chi connectivity index (χ2n) is 4.04. The van der Waals surface area contributed by atoms with Crippen molar-refractivity contribution >= 4 is 11.6 Å². The van der Waals surface area contributed by atoms with E-state index >= 15 is 0 Å². The maximum Gasteiger partial charge on any atom is 0.149 e. The molecule has 0 unspecified atom stereocenters. The van der Waals surface area contributed by atoms with Gasteiger partial charge in [-0.05, 0) is 24.1 Å². The molecule has 5 nitrogen and oxygen atoms in total. The molecule has 2 heterocycles. The highest BCUT2D eigenvalue weighted by Crippen LogP contribution is 2.11. The molecule has 2 aromatic heterocycles. The zero-order valence-corrected chi connectivity index (χ0v) is 10.7. The van der Waals surface area contributed by atoms with E-state index in [1.54, 1.807) is 12.4 Å². The van der Waals surface area contributed by atoms with Gasteiger partial charge in [-0.1, -0.05) is 0 Å². The third-order valence-electron chi connectivity index (χ3n) is 2.75. The normalized spacial score (nSPS) is 10.1. The number of hydrogen-bond donors (Lipinski definition) is 1. The van der Waals surface area contributed by atoms with Crippen LogP contribution in [0, 0.1) is 0 Å². The predicted octanol–water partition coefficient (Wildman–Crippen LogP) is 1.59. The molecule has 0 aliphatic carbocycles. The van der Waals surface area contributed by atoms with Crippen LogP contribution >= 0.6 is 0 Å². The summed E-state index contributed by atoms with van der Waals surface area (Å²) in [6.07, 6.45) is 8.08. The number of aromatic nitrogens is 3. The molecule has 0 aliphatic heterocycles. The molecule has 0 atom stereocenters. The molecule has 0 bridgehead atoms. The SMILES string of the molecule is CNc1cncc(N(C)CCc2ccncc2)n1. The van der Waals surface area contributed by atoms with Gasteiger partial charge in [0.15, 0.2) is 0 Å². The monoisotopic (exact) mass is 243 g/mol. The zero-order chi connectivity index (χ0) is 12.8. The first-order valence-electron chi connectivity index (χ1n) is 5.89. The standard InChI is InChI=1S/C13H17N5/c1-14-12-9-16-10-13(17-12)18(2)8-5-11-3-6-15-7-4-11/h3-4,6-7,9-10H,5,8H2,1-2H3,(H,14,17). The summed E-state index contributed by atoms with van der Waals surface area (Å²) in [6.45, 7) is 0.895. The number of likely N-dealkylation sites (N-methyl/N-ethyl adjacent to an activating group) is 1. The molecule has 0 aliphatic rings. The van der Waals surface area contributed by atoms with Crippen LogP contribution in [-0.4, -0.2) is 35.6 Å². The van der Waals surface area contributed by atoms with E-state index in [9.17, 15) is 0 Å². The Morgan fingerprint density at radius 3 is 2.67 bits per heavy atom. The third-order valence-corrected chi connectivity index (χ3v) is 2.75. The molecule has 1 N–H and O–H groups in total. The van der Waals surface area contributed by atoms with Crippen LogP contribution in [0.25, 0.3) is 0 Å². The van der Waals surface area contributed by atoms with Gasteiger partial charge in [0.05, 0.1) is 12.4 Å². The molecule has 94 valence electrons. The maximum absolute atomic E-state index is 4.44. The molecule has 0 amide bonds. The highest BCUT2D eigenvalue weighted by molar-refractivity contribution is 5.42. The topological polar surface area (TPSA) is 53.9 Å². The molecule has 0 radical (unpaired) electrons. The number of hydrogen-bond acceptors (Lipinski definition) is 5. The van der Waals surface area contributed by atoms with E-state index in [2.05, 4.69) is 25.2 Å². The van der Waals surface area contributed by atoms with Crippen molar-refractivity contribution in [1.29, 1.82) is 0 Å². The van der Waals surface area contributed by atoms with E-state index in [0.717, 1.165) is 24.6 Å². The van der Waals surface area contributed by atoms with Crippen LogP contribution < -0.4 is 10.2 Å². The number of nitrogens with one attached hydrogen (secondary N) is 1. The van der Waals surface area contributed by atoms with Gasteiger partial charge < -0.3 is 10.2 Å². The van der Waals surface area contributed by atoms with Gasteiger partial charge in [-0.3, -0.25) is 9.97 Å². The zero-order valence-electron chi connectivity index (χ0n) is 10.7. The Kier molecular flexibility index (Phi) is 4.06. The fourth-order valence-corrected chi connectivity index (χ4v) is 1.62. The Labute approximate surface area is 107 Å². The average molecular weight is 243 g/mol. The Morgan fingerprint density at radius 1 is 1.17 bits per heavy atom. The Bertz CT molecular complexity index is 486. The molecule has 2 aromatic rings. The summed E-state index contributed by atoms with van der Waals surface area (Å²) in [7, 11) is 3.86. The molecule has 0 saturated heterocycles. The van der Waals surface area contributed by atoms with E-state index in [-0.39, 0.29) is 0 Å². The van der Waals surface area contributed by atoms with Crippen LogP contribution in [0.4, 0.5) is 11.6 Å². The van der Waals surface area contributed by atoms with Crippen LogP contribution in [0.1, 0.15) is 5.56 Å². The summed E-state index contributed by atoms with van der Waals surface area (Å²) in [5.41, 5.74) is 1.27. The third kappa shape index (κ3) is 3.16. The highest BCUT2D eigenvalue weighted by atomic mass is 15.2. The minimum absolute atomic E-state index is 0.781. The molecular weight excluding hydrogens is 226 g/mol. The molecule has 2 rings (SSSR count).